The molecule has 0 spiro atoms. The van der Waals surface area contributed by atoms with E-state index in [0.29, 0.717) is 12.5 Å². The molecular weight excluding hydrogens is 178 g/mol. The normalized spacial score (nSPS) is 10.5. The molecule has 1 aromatic heterocycles. The van der Waals surface area contributed by atoms with Crippen molar-refractivity contribution in [3.05, 3.63) is 12.2 Å². The smallest absolute Gasteiger partial charge is 0.315 e. The van der Waals surface area contributed by atoms with Crippen molar-refractivity contribution in [2.24, 2.45) is 5.92 Å². The monoisotopic (exact) mass is 188 g/mol. The molecule has 1 heterocycles. The Morgan fingerprint density at radius 1 is 1.15 bits per heavy atom. The highest BCUT2D eigenvalue weighted by molar-refractivity contribution is 5.20. The van der Waals surface area contributed by atoms with Gasteiger partial charge in [0.05, 0.1) is 0 Å². The van der Waals surface area contributed by atoms with Gasteiger partial charge in [-0.05, 0) is 5.92 Å². The largest absolute Gasteiger partial charge is 0.354 e. The molecule has 1 N–H and O–H groups in total. The van der Waals surface area contributed by atoms with E-state index in [-0.39, 0.29) is 5.95 Å². The lowest BCUT2D eigenvalue weighted by Gasteiger charge is -2.05. The van der Waals surface area contributed by atoms with Gasteiger partial charge in [0, 0.05) is 6.54 Å². The Balaban J connectivity index is 2.66. The van der Waals surface area contributed by atoms with E-state index in [9.17, 15) is 8.78 Å². The van der Waals surface area contributed by atoms with Crippen molar-refractivity contribution in [1.29, 1.82) is 0 Å². The summed E-state index contributed by atoms with van der Waals surface area (Å²) in [5.74, 6) is 0.279. The molecule has 0 saturated heterocycles. The van der Waals surface area contributed by atoms with Gasteiger partial charge in [-0.3, -0.25) is 0 Å². The first-order chi connectivity index (χ1) is 6.08. The zero-order valence-corrected chi connectivity index (χ0v) is 7.38. The molecule has 0 saturated carbocycles. The lowest BCUT2D eigenvalue weighted by Crippen LogP contribution is -2.12. The summed E-state index contributed by atoms with van der Waals surface area (Å²) in [6.07, 6.45) is -2.22. The topological polar surface area (TPSA) is 50.7 Å². The molecule has 0 amide bonds. The van der Waals surface area contributed by atoms with Gasteiger partial charge in [0.25, 0.3) is 0 Å². The number of anilines is 1. The van der Waals surface area contributed by atoms with E-state index in [0.717, 1.165) is 0 Å². The molecule has 4 nitrogen and oxygen atoms in total. The fraction of sp³-hybridized carbons (Fsp3) is 0.571. The van der Waals surface area contributed by atoms with Crippen LogP contribution in [0.1, 0.15) is 13.8 Å². The van der Waals surface area contributed by atoms with Crippen LogP contribution in [0.2, 0.25) is 0 Å². The number of hydrogen-bond acceptors (Lipinski definition) is 4. The van der Waals surface area contributed by atoms with Crippen molar-refractivity contribution in [1.82, 2.24) is 15.0 Å². The van der Waals surface area contributed by atoms with Gasteiger partial charge in [0.1, 0.15) is 0 Å². The van der Waals surface area contributed by atoms with Crippen molar-refractivity contribution in [2.75, 3.05) is 11.9 Å². The van der Waals surface area contributed by atoms with Crippen molar-refractivity contribution in [3.8, 4) is 0 Å². The van der Waals surface area contributed by atoms with Crippen molar-refractivity contribution < 1.29 is 8.78 Å². The molecule has 13 heavy (non-hydrogen) atoms. The summed E-state index contributed by atoms with van der Waals surface area (Å²) < 4.78 is 24.8. The van der Waals surface area contributed by atoms with Crippen LogP contribution < -0.4 is 5.32 Å². The van der Waals surface area contributed by atoms with E-state index in [1.54, 1.807) is 0 Å². The Morgan fingerprint density at radius 3 is 2.15 bits per heavy atom. The Morgan fingerprint density at radius 2 is 1.69 bits per heavy atom. The summed E-state index contributed by atoms with van der Waals surface area (Å²) in [5.41, 5.74) is 0. The second-order valence-corrected chi connectivity index (χ2v) is 2.97. The Kier molecular flexibility index (Phi) is 3.05. The van der Waals surface area contributed by atoms with E-state index in [1.165, 1.54) is 0 Å². The second-order valence-electron chi connectivity index (χ2n) is 2.97. The van der Waals surface area contributed by atoms with Crippen LogP contribution in [0, 0.1) is 18.1 Å². The predicted octanol–water partition coefficient (Wildman–Crippen LogP) is 1.22. The number of aromatic nitrogens is 3. The molecule has 0 bridgehead atoms. The average molecular weight is 188 g/mol. The van der Waals surface area contributed by atoms with Gasteiger partial charge < -0.3 is 5.32 Å². The third-order valence-electron chi connectivity index (χ3n) is 1.25. The van der Waals surface area contributed by atoms with Crippen LogP contribution in [-0.4, -0.2) is 21.5 Å². The summed E-state index contributed by atoms with van der Waals surface area (Å²) in [6.45, 7) is 4.48. The Hall–Kier alpha value is -1.33. The molecule has 1 aromatic rings. The zero-order valence-electron chi connectivity index (χ0n) is 7.38. The number of halogens is 2. The molecule has 0 aliphatic carbocycles. The molecule has 0 atom stereocenters. The highest BCUT2D eigenvalue weighted by Crippen LogP contribution is 2.00. The number of nitrogens with one attached hydrogen (secondary N) is 1. The van der Waals surface area contributed by atoms with Crippen molar-refractivity contribution in [2.45, 2.75) is 13.8 Å². The molecule has 0 fully saturated rings. The fourth-order valence-corrected chi connectivity index (χ4v) is 0.700. The molecule has 0 aromatic carbocycles. The maximum atomic E-state index is 12.4. The lowest BCUT2D eigenvalue weighted by atomic mass is 10.2. The van der Waals surface area contributed by atoms with Gasteiger partial charge in [0.15, 0.2) is 0 Å². The summed E-state index contributed by atoms with van der Waals surface area (Å²) in [4.78, 5) is 9.30. The SMILES string of the molecule is CC(C)CNc1nc(F)nc(F)n1. The van der Waals surface area contributed by atoms with E-state index < -0.39 is 12.2 Å². The number of rotatable bonds is 3. The Labute approximate surface area is 74.4 Å². The van der Waals surface area contributed by atoms with Crippen LogP contribution in [0.4, 0.5) is 14.7 Å². The van der Waals surface area contributed by atoms with E-state index >= 15 is 0 Å². The van der Waals surface area contributed by atoms with Gasteiger partial charge in [-0.15, -0.1) is 0 Å². The van der Waals surface area contributed by atoms with Crippen LogP contribution in [0.25, 0.3) is 0 Å². The van der Waals surface area contributed by atoms with Gasteiger partial charge in [-0.2, -0.15) is 23.7 Å². The van der Waals surface area contributed by atoms with Crippen LogP contribution in [0.5, 0.6) is 0 Å². The minimum absolute atomic E-state index is 0.0706. The lowest BCUT2D eigenvalue weighted by molar-refractivity contribution is 0.456. The van der Waals surface area contributed by atoms with Crippen LogP contribution in [0.3, 0.4) is 0 Å². The maximum absolute atomic E-state index is 12.4. The summed E-state index contributed by atoms with van der Waals surface area (Å²) in [6, 6.07) is 0. The predicted molar refractivity (Wildman–Crippen MR) is 43.1 cm³/mol. The molecule has 0 aliphatic rings. The molecule has 1 rings (SSSR count). The molecule has 0 aliphatic heterocycles. The summed E-state index contributed by atoms with van der Waals surface area (Å²) >= 11 is 0. The Bertz CT molecular complexity index is 270. The number of hydrogen-bond donors (Lipinski definition) is 1. The molecule has 72 valence electrons. The van der Waals surface area contributed by atoms with Gasteiger partial charge >= 0.3 is 12.2 Å². The van der Waals surface area contributed by atoms with Crippen LogP contribution in [0.15, 0.2) is 0 Å². The quantitative estimate of drug-likeness (QED) is 0.774. The van der Waals surface area contributed by atoms with Gasteiger partial charge in [-0.25, -0.2) is 0 Å². The second kappa shape index (κ2) is 4.06. The van der Waals surface area contributed by atoms with E-state index in [2.05, 4.69) is 20.3 Å². The first-order valence-electron chi connectivity index (χ1n) is 3.89. The molecule has 0 unspecified atom stereocenters. The maximum Gasteiger partial charge on any atom is 0.315 e. The van der Waals surface area contributed by atoms with Crippen LogP contribution in [-0.2, 0) is 0 Å². The third-order valence-corrected chi connectivity index (χ3v) is 1.25. The molecule has 6 heteroatoms. The summed E-state index contributed by atoms with van der Waals surface area (Å²) in [5, 5.41) is 2.68. The highest BCUT2D eigenvalue weighted by Gasteiger charge is 2.04. The third kappa shape index (κ3) is 3.27. The highest BCUT2D eigenvalue weighted by atomic mass is 19.1. The fourth-order valence-electron chi connectivity index (χ4n) is 0.700. The van der Waals surface area contributed by atoms with Crippen molar-refractivity contribution in [3.63, 3.8) is 0 Å². The first kappa shape index (κ1) is 9.76. The molecule has 0 radical (unpaired) electrons. The number of nitrogens with zero attached hydrogens (tertiary/aromatic N) is 3. The van der Waals surface area contributed by atoms with Crippen molar-refractivity contribution >= 4 is 5.95 Å². The van der Waals surface area contributed by atoms with Gasteiger partial charge in [-0.1, -0.05) is 13.8 Å². The van der Waals surface area contributed by atoms with E-state index in [1.807, 2.05) is 13.8 Å². The minimum atomic E-state index is -1.11. The van der Waals surface area contributed by atoms with Crippen LogP contribution >= 0.6 is 0 Å². The van der Waals surface area contributed by atoms with Gasteiger partial charge in [0.2, 0.25) is 5.95 Å². The first-order valence-corrected chi connectivity index (χ1v) is 3.89. The minimum Gasteiger partial charge on any atom is -0.354 e. The standard InChI is InChI=1S/C7H10F2N4/c1-4(2)3-10-7-12-5(8)11-6(9)13-7/h4H,3H2,1-2H3,(H,10,11,12,13). The molecular formula is C7H10F2N4. The van der Waals surface area contributed by atoms with E-state index in [4.69, 9.17) is 0 Å². The zero-order chi connectivity index (χ0) is 9.84. The average Bonchev–Trinajstić information content (AvgIpc) is 1.99. The summed E-state index contributed by atoms with van der Waals surface area (Å²) in [7, 11) is 0.